The van der Waals surface area contributed by atoms with Crippen LogP contribution in [-0.4, -0.2) is 32.1 Å². The van der Waals surface area contributed by atoms with Crippen LogP contribution < -0.4 is 4.90 Å². The van der Waals surface area contributed by atoms with Gasteiger partial charge in [0.15, 0.2) is 0 Å². The number of nitrogens with zero attached hydrogens (tertiary/aromatic N) is 2. The van der Waals surface area contributed by atoms with E-state index in [2.05, 4.69) is 86.4 Å². The van der Waals surface area contributed by atoms with Gasteiger partial charge in [-0.25, -0.2) is 0 Å². The molecule has 25 heavy (non-hydrogen) atoms. The molecule has 0 aromatic heterocycles. The Morgan fingerprint density at radius 3 is 2.08 bits per heavy atom. The summed E-state index contributed by atoms with van der Waals surface area (Å²) in [5, 5.41) is 0. The normalized spacial score (nSPS) is 20.7. The van der Waals surface area contributed by atoms with Gasteiger partial charge in [-0.15, -0.1) is 0 Å². The van der Waals surface area contributed by atoms with E-state index in [0.717, 1.165) is 5.92 Å². The molecule has 0 spiro atoms. The van der Waals surface area contributed by atoms with Crippen LogP contribution in [0.5, 0.6) is 0 Å². The molecule has 0 radical (unpaired) electrons. The Hall–Kier alpha value is -2.06. The molecule has 0 amide bonds. The highest BCUT2D eigenvalue weighted by Gasteiger charge is 2.31. The lowest BCUT2D eigenvalue weighted by Gasteiger charge is -2.34. The third kappa shape index (κ3) is 2.69. The maximum atomic E-state index is 2.37. The quantitative estimate of drug-likeness (QED) is 0.723. The van der Waals surface area contributed by atoms with Gasteiger partial charge in [-0.1, -0.05) is 36.4 Å². The van der Waals surface area contributed by atoms with E-state index < -0.39 is 0 Å². The molecule has 2 unspecified atom stereocenters. The highest BCUT2D eigenvalue weighted by molar-refractivity contribution is 6.01. The second-order valence-corrected chi connectivity index (χ2v) is 7.76. The first kappa shape index (κ1) is 16.4. The Morgan fingerprint density at radius 1 is 0.920 bits per heavy atom. The Bertz CT molecular complexity index is 818. The predicted molar refractivity (Wildman–Crippen MR) is 108 cm³/mol. The summed E-state index contributed by atoms with van der Waals surface area (Å²) in [6.07, 6.45) is 3.63. The lowest BCUT2D eigenvalue weighted by atomic mass is 9.76. The van der Waals surface area contributed by atoms with Crippen molar-refractivity contribution in [2.24, 2.45) is 5.92 Å². The van der Waals surface area contributed by atoms with E-state index in [9.17, 15) is 0 Å². The molecule has 2 nitrogen and oxygen atoms in total. The van der Waals surface area contributed by atoms with Crippen molar-refractivity contribution in [2.45, 2.75) is 32.2 Å². The highest BCUT2D eigenvalue weighted by atomic mass is 15.1. The first-order chi connectivity index (χ1) is 12.1. The monoisotopic (exact) mass is 332 g/mol. The van der Waals surface area contributed by atoms with Gasteiger partial charge in [0.1, 0.15) is 0 Å². The van der Waals surface area contributed by atoms with Gasteiger partial charge >= 0.3 is 0 Å². The highest BCUT2D eigenvalue weighted by Crippen LogP contribution is 2.49. The van der Waals surface area contributed by atoms with Crippen LogP contribution in [0.2, 0.25) is 0 Å². The lowest BCUT2D eigenvalue weighted by Crippen LogP contribution is -2.33. The Kier molecular flexibility index (Phi) is 4.16. The molecule has 4 rings (SSSR count). The topological polar surface area (TPSA) is 6.48 Å². The van der Waals surface area contributed by atoms with Crippen LogP contribution in [0.25, 0.3) is 11.1 Å². The fourth-order valence-corrected chi connectivity index (χ4v) is 4.54. The molecular weight excluding hydrogens is 304 g/mol. The first-order valence-corrected chi connectivity index (χ1v) is 9.39. The van der Waals surface area contributed by atoms with Crippen molar-refractivity contribution < 1.29 is 0 Å². The molecule has 0 bridgehead atoms. The zero-order valence-corrected chi connectivity index (χ0v) is 15.8. The summed E-state index contributed by atoms with van der Waals surface area (Å²) in [5.74, 6) is 0.720. The van der Waals surface area contributed by atoms with Crippen LogP contribution in [0.3, 0.4) is 0 Å². The van der Waals surface area contributed by atoms with E-state index in [0.29, 0.717) is 6.04 Å². The van der Waals surface area contributed by atoms with Crippen molar-refractivity contribution in [1.82, 2.24) is 4.90 Å². The number of anilines is 2. The second kappa shape index (κ2) is 6.34. The molecule has 2 aromatic carbocycles. The maximum absolute atomic E-state index is 2.37. The van der Waals surface area contributed by atoms with Crippen LogP contribution in [0, 0.1) is 5.92 Å². The summed E-state index contributed by atoms with van der Waals surface area (Å²) in [6, 6.07) is 18.4. The molecule has 1 aliphatic carbocycles. The standard InChI is InChI=1S/C23H28N2/c1-16(24(2)3)17-13-14-18-19-9-5-7-11-22(19)25(4)23-12-8-6-10-20(23)21(18)15-17/h5-12,16-17H,13-15H2,1-4H3. The van der Waals surface area contributed by atoms with Crippen molar-refractivity contribution in [3.63, 3.8) is 0 Å². The summed E-state index contributed by atoms with van der Waals surface area (Å²) >= 11 is 0. The molecule has 0 N–H and O–H groups in total. The van der Waals surface area contributed by atoms with Crippen LogP contribution in [-0.2, 0) is 0 Å². The lowest BCUT2D eigenvalue weighted by molar-refractivity contribution is 0.219. The van der Waals surface area contributed by atoms with Gasteiger partial charge in [0, 0.05) is 35.6 Å². The zero-order chi connectivity index (χ0) is 17.6. The van der Waals surface area contributed by atoms with E-state index in [4.69, 9.17) is 0 Å². The average Bonchev–Trinajstić information content (AvgIpc) is 2.75. The summed E-state index contributed by atoms with van der Waals surface area (Å²) in [6.45, 7) is 2.37. The predicted octanol–water partition coefficient (Wildman–Crippen LogP) is 5.43. The summed E-state index contributed by atoms with van der Waals surface area (Å²) < 4.78 is 0. The van der Waals surface area contributed by atoms with Gasteiger partial charge in [-0.05, 0) is 69.5 Å². The fraction of sp³-hybridized carbons (Fsp3) is 0.391. The molecule has 1 heterocycles. The van der Waals surface area contributed by atoms with Crippen LogP contribution in [0.4, 0.5) is 11.4 Å². The average molecular weight is 332 g/mol. The first-order valence-electron chi connectivity index (χ1n) is 9.39. The van der Waals surface area contributed by atoms with Crippen molar-refractivity contribution in [2.75, 3.05) is 26.0 Å². The molecule has 0 saturated carbocycles. The molecular formula is C23H28N2. The Morgan fingerprint density at radius 2 is 1.48 bits per heavy atom. The number of benzene rings is 2. The van der Waals surface area contributed by atoms with Crippen LogP contribution >= 0.6 is 0 Å². The maximum Gasteiger partial charge on any atom is 0.0484 e. The van der Waals surface area contributed by atoms with Crippen LogP contribution in [0.1, 0.15) is 37.3 Å². The summed E-state index contributed by atoms with van der Waals surface area (Å²) in [4.78, 5) is 4.74. The van der Waals surface area contributed by atoms with Gasteiger partial charge in [-0.3, -0.25) is 0 Å². The van der Waals surface area contributed by atoms with E-state index in [1.807, 2.05) is 0 Å². The molecule has 0 fully saturated rings. The molecule has 2 atom stereocenters. The van der Waals surface area contributed by atoms with Gasteiger partial charge in [-0.2, -0.15) is 0 Å². The number of hydrogen-bond donors (Lipinski definition) is 0. The zero-order valence-electron chi connectivity index (χ0n) is 15.8. The van der Waals surface area contributed by atoms with Gasteiger partial charge in [0.25, 0.3) is 0 Å². The summed E-state index contributed by atoms with van der Waals surface area (Å²) in [7, 11) is 6.62. The SMILES string of the molecule is CC(C1CCC2=C(C1)c1ccccc1N(C)c1ccccc12)N(C)C. The third-order valence-corrected chi connectivity index (χ3v) is 6.27. The summed E-state index contributed by atoms with van der Waals surface area (Å²) in [5.41, 5.74) is 8.64. The fourth-order valence-electron chi connectivity index (χ4n) is 4.54. The smallest absolute Gasteiger partial charge is 0.0484 e. The number of allylic oxidation sites excluding steroid dienone is 2. The largest absolute Gasteiger partial charge is 0.344 e. The molecule has 1 aliphatic heterocycles. The number of para-hydroxylation sites is 2. The minimum absolute atomic E-state index is 0.609. The number of fused-ring (bicyclic) bond motifs is 4. The van der Waals surface area contributed by atoms with E-state index in [1.54, 1.807) is 11.1 Å². The van der Waals surface area contributed by atoms with Crippen LogP contribution in [0.15, 0.2) is 48.5 Å². The molecule has 2 aliphatic rings. The van der Waals surface area contributed by atoms with Crippen molar-refractivity contribution in [1.29, 1.82) is 0 Å². The second-order valence-electron chi connectivity index (χ2n) is 7.76. The van der Waals surface area contributed by atoms with E-state index >= 15 is 0 Å². The molecule has 2 heteroatoms. The van der Waals surface area contributed by atoms with Crippen molar-refractivity contribution in [3.05, 3.63) is 59.7 Å². The van der Waals surface area contributed by atoms with E-state index in [1.165, 1.54) is 41.8 Å². The number of hydrogen-bond acceptors (Lipinski definition) is 2. The molecule has 0 saturated heterocycles. The van der Waals surface area contributed by atoms with E-state index in [-0.39, 0.29) is 0 Å². The minimum Gasteiger partial charge on any atom is -0.344 e. The number of rotatable bonds is 2. The van der Waals surface area contributed by atoms with Gasteiger partial charge in [0.2, 0.25) is 0 Å². The van der Waals surface area contributed by atoms with Gasteiger partial charge in [0.05, 0.1) is 0 Å². The molecule has 130 valence electrons. The Balaban J connectivity index is 1.89. The molecule has 2 aromatic rings. The van der Waals surface area contributed by atoms with Gasteiger partial charge < -0.3 is 9.80 Å². The third-order valence-electron chi connectivity index (χ3n) is 6.27. The van der Waals surface area contributed by atoms with Crippen molar-refractivity contribution >= 4 is 22.5 Å². The Labute approximate surface area is 151 Å². The minimum atomic E-state index is 0.609. The van der Waals surface area contributed by atoms with Crippen molar-refractivity contribution in [3.8, 4) is 0 Å².